The first-order chi connectivity index (χ1) is 10.5. The van der Waals surface area contributed by atoms with E-state index in [9.17, 15) is 9.59 Å². The zero-order valence-electron chi connectivity index (χ0n) is 12.1. The van der Waals surface area contributed by atoms with Gasteiger partial charge < -0.3 is 14.6 Å². The molecule has 0 aliphatic heterocycles. The van der Waals surface area contributed by atoms with Gasteiger partial charge in [0.15, 0.2) is 6.04 Å². The van der Waals surface area contributed by atoms with E-state index in [0.29, 0.717) is 16.3 Å². The van der Waals surface area contributed by atoms with Crippen LogP contribution >= 0.6 is 11.6 Å². The standard InChI is InChI=1S/C15H15ClN2O4/c1-3-21-15(20)13(10-4-6-11(16)7-5-10)17-14(19)12-8-9(2)18-22-12/h4-8,13H,3H2,1-2H3,(H,17,19)/t13-/m0/s1. The molecular weight excluding hydrogens is 308 g/mol. The van der Waals surface area contributed by atoms with Gasteiger partial charge in [-0.3, -0.25) is 4.79 Å². The number of halogens is 1. The maximum Gasteiger partial charge on any atom is 0.333 e. The summed E-state index contributed by atoms with van der Waals surface area (Å²) in [4.78, 5) is 24.2. The van der Waals surface area contributed by atoms with Crippen LogP contribution < -0.4 is 5.32 Å². The second-order valence-corrected chi connectivity index (χ2v) is 4.98. The Balaban J connectivity index is 2.22. The van der Waals surface area contributed by atoms with Crippen LogP contribution in [0.15, 0.2) is 34.9 Å². The Morgan fingerprint density at radius 2 is 2.05 bits per heavy atom. The summed E-state index contributed by atoms with van der Waals surface area (Å²) < 4.78 is 9.88. The molecule has 22 heavy (non-hydrogen) atoms. The van der Waals surface area contributed by atoms with E-state index >= 15 is 0 Å². The fourth-order valence-corrected chi connectivity index (χ4v) is 1.96. The second-order valence-electron chi connectivity index (χ2n) is 4.54. The number of rotatable bonds is 5. The molecule has 1 aromatic heterocycles. The van der Waals surface area contributed by atoms with E-state index in [1.165, 1.54) is 6.07 Å². The van der Waals surface area contributed by atoms with Crippen molar-refractivity contribution < 1.29 is 18.8 Å². The molecule has 116 valence electrons. The molecule has 1 amide bonds. The van der Waals surface area contributed by atoms with Gasteiger partial charge in [-0.15, -0.1) is 0 Å². The number of aryl methyl sites for hydroxylation is 1. The van der Waals surface area contributed by atoms with Crippen molar-refractivity contribution in [3.63, 3.8) is 0 Å². The quantitative estimate of drug-likeness (QED) is 0.856. The van der Waals surface area contributed by atoms with Crippen LogP contribution in [0.2, 0.25) is 5.02 Å². The third kappa shape index (κ3) is 3.85. The number of hydrogen-bond donors (Lipinski definition) is 1. The highest BCUT2D eigenvalue weighted by atomic mass is 35.5. The fourth-order valence-electron chi connectivity index (χ4n) is 1.83. The smallest absolute Gasteiger partial charge is 0.333 e. The minimum absolute atomic E-state index is 0.0285. The normalized spacial score (nSPS) is 11.8. The summed E-state index contributed by atoms with van der Waals surface area (Å²) in [5.74, 6) is -1.08. The van der Waals surface area contributed by atoms with Crippen LogP contribution in [-0.2, 0) is 9.53 Å². The van der Waals surface area contributed by atoms with Gasteiger partial charge in [0.25, 0.3) is 5.91 Å². The number of benzene rings is 1. The van der Waals surface area contributed by atoms with Crippen molar-refractivity contribution in [1.82, 2.24) is 10.5 Å². The molecule has 0 aliphatic carbocycles. The van der Waals surface area contributed by atoms with Crippen molar-refractivity contribution in [3.8, 4) is 0 Å². The first-order valence-electron chi connectivity index (χ1n) is 6.67. The van der Waals surface area contributed by atoms with Gasteiger partial charge in [-0.2, -0.15) is 0 Å². The molecule has 1 aromatic carbocycles. The van der Waals surface area contributed by atoms with Crippen LogP contribution in [0.25, 0.3) is 0 Å². The van der Waals surface area contributed by atoms with E-state index < -0.39 is 17.9 Å². The summed E-state index contributed by atoms with van der Waals surface area (Å²) in [6, 6.07) is 7.10. The Morgan fingerprint density at radius 3 is 2.59 bits per heavy atom. The summed E-state index contributed by atoms with van der Waals surface area (Å²) in [6.07, 6.45) is 0. The van der Waals surface area contributed by atoms with Crippen molar-refractivity contribution in [2.24, 2.45) is 0 Å². The lowest BCUT2D eigenvalue weighted by molar-refractivity contribution is -0.145. The molecular formula is C15H15ClN2O4. The molecule has 0 saturated heterocycles. The molecule has 6 nitrogen and oxygen atoms in total. The fraction of sp³-hybridized carbons (Fsp3) is 0.267. The van der Waals surface area contributed by atoms with E-state index in [0.717, 1.165) is 0 Å². The van der Waals surface area contributed by atoms with Crippen LogP contribution in [0, 0.1) is 6.92 Å². The molecule has 0 fully saturated rings. The number of esters is 1. The van der Waals surface area contributed by atoms with Crippen molar-refractivity contribution in [2.45, 2.75) is 19.9 Å². The predicted molar refractivity (Wildman–Crippen MR) is 79.5 cm³/mol. The molecule has 0 radical (unpaired) electrons. The van der Waals surface area contributed by atoms with Crippen LogP contribution in [0.5, 0.6) is 0 Å². The maximum absolute atomic E-state index is 12.1. The van der Waals surface area contributed by atoms with Gasteiger partial charge in [0, 0.05) is 11.1 Å². The highest BCUT2D eigenvalue weighted by molar-refractivity contribution is 6.30. The van der Waals surface area contributed by atoms with Crippen molar-refractivity contribution >= 4 is 23.5 Å². The minimum Gasteiger partial charge on any atom is -0.464 e. The maximum atomic E-state index is 12.1. The Morgan fingerprint density at radius 1 is 1.36 bits per heavy atom. The molecule has 0 bridgehead atoms. The first kappa shape index (κ1) is 16.0. The van der Waals surface area contributed by atoms with Gasteiger partial charge in [-0.1, -0.05) is 28.9 Å². The van der Waals surface area contributed by atoms with Gasteiger partial charge in [0.2, 0.25) is 5.76 Å². The molecule has 0 spiro atoms. The average molecular weight is 323 g/mol. The highest BCUT2D eigenvalue weighted by Crippen LogP contribution is 2.19. The Labute approximate surface area is 132 Å². The minimum atomic E-state index is -0.949. The number of hydrogen-bond acceptors (Lipinski definition) is 5. The van der Waals surface area contributed by atoms with Crippen molar-refractivity contribution in [1.29, 1.82) is 0 Å². The molecule has 0 aliphatic rings. The van der Waals surface area contributed by atoms with Gasteiger partial charge in [-0.05, 0) is 31.5 Å². The average Bonchev–Trinajstić information content (AvgIpc) is 2.92. The molecule has 2 rings (SSSR count). The number of amides is 1. The van der Waals surface area contributed by atoms with E-state index in [1.807, 2.05) is 0 Å². The van der Waals surface area contributed by atoms with E-state index in [1.54, 1.807) is 38.1 Å². The van der Waals surface area contributed by atoms with Crippen LogP contribution in [-0.4, -0.2) is 23.6 Å². The molecule has 1 N–H and O–H groups in total. The second kappa shape index (κ2) is 7.09. The number of aromatic nitrogens is 1. The summed E-state index contributed by atoms with van der Waals surface area (Å²) in [5.41, 5.74) is 1.14. The topological polar surface area (TPSA) is 81.4 Å². The zero-order chi connectivity index (χ0) is 16.1. The lowest BCUT2D eigenvalue weighted by atomic mass is 10.1. The summed E-state index contributed by atoms with van der Waals surface area (Å²) >= 11 is 5.83. The van der Waals surface area contributed by atoms with Gasteiger partial charge in [-0.25, -0.2) is 4.79 Å². The Kier molecular flexibility index (Phi) is 5.16. The molecule has 2 aromatic rings. The van der Waals surface area contributed by atoms with Crippen LogP contribution in [0.1, 0.15) is 34.8 Å². The molecule has 1 atom stereocenters. The molecule has 0 unspecified atom stereocenters. The van der Waals surface area contributed by atoms with Crippen molar-refractivity contribution in [3.05, 3.63) is 52.4 Å². The molecule has 1 heterocycles. The number of ether oxygens (including phenoxy) is 1. The van der Waals surface area contributed by atoms with Crippen LogP contribution in [0.3, 0.4) is 0 Å². The number of nitrogens with zero attached hydrogens (tertiary/aromatic N) is 1. The van der Waals surface area contributed by atoms with E-state index in [-0.39, 0.29) is 12.4 Å². The van der Waals surface area contributed by atoms with E-state index in [4.69, 9.17) is 20.9 Å². The lowest BCUT2D eigenvalue weighted by Crippen LogP contribution is -2.34. The monoisotopic (exact) mass is 322 g/mol. The van der Waals surface area contributed by atoms with Gasteiger partial charge in [0.1, 0.15) is 0 Å². The van der Waals surface area contributed by atoms with E-state index in [2.05, 4.69) is 10.5 Å². The largest absolute Gasteiger partial charge is 0.464 e. The van der Waals surface area contributed by atoms with Crippen molar-refractivity contribution in [2.75, 3.05) is 6.61 Å². The third-order valence-corrected chi connectivity index (χ3v) is 3.10. The molecule has 0 saturated carbocycles. The summed E-state index contributed by atoms with van der Waals surface area (Å²) in [6.45, 7) is 3.60. The SMILES string of the molecule is CCOC(=O)[C@@H](NC(=O)c1cc(C)no1)c1ccc(Cl)cc1. The van der Waals surface area contributed by atoms with Gasteiger partial charge in [0.05, 0.1) is 12.3 Å². The highest BCUT2D eigenvalue weighted by Gasteiger charge is 2.26. The summed E-state index contributed by atoms with van der Waals surface area (Å²) in [7, 11) is 0. The number of carbonyl (C=O) groups excluding carboxylic acids is 2. The predicted octanol–water partition coefficient (Wildman–Crippen LogP) is 2.67. The summed E-state index contributed by atoms with van der Waals surface area (Å²) in [5, 5.41) is 6.75. The first-order valence-corrected chi connectivity index (χ1v) is 7.05. The lowest BCUT2D eigenvalue weighted by Gasteiger charge is -2.17. The van der Waals surface area contributed by atoms with Gasteiger partial charge >= 0.3 is 5.97 Å². The zero-order valence-corrected chi connectivity index (χ0v) is 12.9. The molecule has 7 heteroatoms. The van der Waals surface area contributed by atoms with Crippen LogP contribution in [0.4, 0.5) is 0 Å². The Hall–Kier alpha value is -2.34. The number of nitrogens with one attached hydrogen (secondary N) is 1. The number of carbonyl (C=O) groups is 2. The third-order valence-electron chi connectivity index (χ3n) is 2.85. The Bertz CT molecular complexity index is 666.